The standard InChI is InChI=1S/C19H22N6OS/c20-18(26)15-3-5-16(6-4-15)19-22-17(13-27-19)12-24-8-1-2-14(10-24)11-25-9-7-21-23-25/h3-7,9,13-14H,1-2,8,10-12H2,(H2,20,26). The van der Waals surface area contributed by atoms with E-state index in [0.717, 1.165) is 42.4 Å². The number of primary amides is 1. The fourth-order valence-corrected chi connectivity index (χ4v) is 4.37. The average Bonchev–Trinajstić information content (AvgIpc) is 3.34. The molecule has 3 heterocycles. The Morgan fingerprint density at radius 3 is 2.89 bits per heavy atom. The van der Waals surface area contributed by atoms with Crippen LogP contribution in [-0.4, -0.2) is 43.9 Å². The minimum absolute atomic E-state index is 0.410. The number of likely N-dealkylation sites (tertiary alicyclic amines) is 1. The molecule has 1 atom stereocenters. The van der Waals surface area contributed by atoms with Crippen LogP contribution in [0.2, 0.25) is 0 Å². The van der Waals surface area contributed by atoms with Crippen LogP contribution in [0, 0.1) is 5.92 Å². The highest BCUT2D eigenvalue weighted by atomic mass is 32.1. The highest BCUT2D eigenvalue weighted by molar-refractivity contribution is 7.13. The molecule has 1 aliphatic heterocycles. The molecule has 0 radical (unpaired) electrons. The Morgan fingerprint density at radius 1 is 1.30 bits per heavy atom. The molecule has 1 unspecified atom stereocenters. The number of thiazole rings is 1. The molecule has 8 heteroatoms. The van der Waals surface area contributed by atoms with Crippen molar-refractivity contribution in [2.75, 3.05) is 13.1 Å². The van der Waals surface area contributed by atoms with Crippen LogP contribution in [0.5, 0.6) is 0 Å². The lowest BCUT2D eigenvalue weighted by Crippen LogP contribution is -2.36. The molecule has 4 rings (SSSR count). The van der Waals surface area contributed by atoms with Crippen LogP contribution in [0.3, 0.4) is 0 Å². The molecule has 1 amide bonds. The highest BCUT2D eigenvalue weighted by Crippen LogP contribution is 2.26. The van der Waals surface area contributed by atoms with E-state index in [0.29, 0.717) is 11.5 Å². The van der Waals surface area contributed by atoms with Crippen LogP contribution in [0.1, 0.15) is 28.9 Å². The van der Waals surface area contributed by atoms with Crippen LogP contribution >= 0.6 is 11.3 Å². The third-order valence-corrected chi connectivity index (χ3v) is 5.81. The van der Waals surface area contributed by atoms with Crippen molar-refractivity contribution in [1.29, 1.82) is 0 Å². The van der Waals surface area contributed by atoms with Gasteiger partial charge < -0.3 is 5.73 Å². The normalized spacial score (nSPS) is 17.9. The van der Waals surface area contributed by atoms with Gasteiger partial charge in [0.15, 0.2) is 0 Å². The molecular weight excluding hydrogens is 360 g/mol. The van der Waals surface area contributed by atoms with Crippen molar-refractivity contribution >= 4 is 17.2 Å². The topological polar surface area (TPSA) is 89.9 Å². The van der Waals surface area contributed by atoms with Crippen molar-refractivity contribution in [2.24, 2.45) is 11.7 Å². The number of rotatable bonds is 6. The van der Waals surface area contributed by atoms with Crippen LogP contribution in [0.15, 0.2) is 42.0 Å². The van der Waals surface area contributed by atoms with E-state index in [4.69, 9.17) is 10.7 Å². The number of benzene rings is 1. The zero-order chi connectivity index (χ0) is 18.6. The number of hydrogen-bond acceptors (Lipinski definition) is 6. The number of hydrogen-bond donors (Lipinski definition) is 1. The van der Waals surface area contributed by atoms with Crippen LogP contribution in [-0.2, 0) is 13.1 Å². The maximum absolute atomic E-state index is 11.2. The molecule has 7 nitrogen and oxygen atoms in total. The molecule has 0 bridgehead atoms. The van der Waals surface area contributed by atoms with E-state index in [-0.39, 0.29) is 0 Å². The summed E-state index contributed by atoms with van der Waals surface area (Å²) in [5.41, 5.74) is 7.92. The van der Waals surface area contributed by atoms with Crippen molar-refractivity contribution < 1.29 is 4.79 Å². The number of amides is 1. The first-order valence-electron chi connectivity index (χ1n) is 9.08. The van der Waals surface area contributed by atoms with Crippen molar-refractivity contribution in [3.8, 4) is 10.6 Å². The van der Waals surface area contributed by atoms with Crippen molar-refractivity contribution in [2.45, 2.75) is 25.9 Å². The minimum Gasteiger partial charge on any atom is -0.366 e. The van der Waals surface area contributed by atoms with Crippen molar-refractivity contribution in [1.82, 2.24) is 24.9 Å². The van der Waals surface area contributed by atoms with E-state index in [2.05, 4.69) is 20.6 Å². The monoisotopic (exact) mass is 382 g/mol. The molecule has 0 aliphatic carbocycles. The van der Waals surface area contributed by atoms with Gasteiger partial charge in [-0.3, -0.25) is 14.4 Å². The lowest BCUT2D eigenvalue weighted by atomic mass is 9.98. The van der Waals surface area contributed by atoms with Crippen LogP contribution in [0.4, 0.5) is 0 Å². The fourth-order valence-electron chi connectivity index (χ4n) is 3.56. The van der Waals surface area contributed by atoms with Gasteiger partial charge in [-0.15, -0.1) is 16.4 Å². The first-order valence-corrected chi connectivity index (χ1v) is 9.96. The van der Waals surface area contributed by atoms with Gasteiger partial charge >= 0.3 is 0 Å². The molecule has 0 saturated carbocycles. The minimum atomic E-state index is -0.410. The highest BCUT2D eigenvalue weighted by Gasteiger charge is 2.21. The van der Waals surface area contributed by atoms with E-state index in [1.165, 1.54) is 12.8 Å². The smallest absolute Gasteiger partial charge is 0.248 e. The second kappa shape index (κ2) is 7.98. The van der Waals surface area contributed by atoms with Gasteiger partial charge in [0.2, 0.25) is 5.91 Å². The first kappa shape index (κ1) is 17.8. The summed E-state index contributed by atoms with van der Waals surface area (Å²) in [6.07, 6.45) is 6.08. The Morgan fingerprint density at radius 2 is 2.15 bits per heavy atom. The Kier molecular flexibility index (Phi) is 5.26. The van der Waals surface area contributed by atoms with Gasteiger partial charge in [-0.25, -0.2) is 4.98 Å². The Balaban J connectivity index is 1.37. The van der Waals surface area contributed by atoms with Gasteiger partial charge in [0.05, 0.1) is 11.9 Å². The summed E-state index contributed by atoms with van der Waals surface area (Å²) in [5.74, 6) is 0.187. The van der Waals surface area contributed by atoms with Crippen LogP contribution < -0.4 is 5.73 Å². The molecule has 27 heavy (non-hydrogen) atoms. The Bertz CT molecular complexity index is 889. The SMILES string of the molecule is NC(=O)c1ccc(-c2nc(CN3CCCC(Cn4ccnn4)C3)cs2)cc1. The maximum atomic E-state index is 11.2. The second-order valence-corrected chi connectivity index (χ2v) is 7.81. The van der Waals surface area contributed by atoms with E-state index in [9.17, 15) is 4.79 Å². The van der Waals surface area contributed by atoms with Gasteiger partial charge in [0.25, 0.3) is 0 Å². The summed E-state index contributed by atoms with van der Waals surface area (Å²) < 4.78 is 1.92. The molecule has 140 valence electrons. The van der Waals surface area contributed by atoms with Gasteiger partial charge in [-0.1, -0.05) is 17.3 Å². The van der Waals surface area contributed by atoms with E-state index >= 15 is 0 Å². The number of nitrogens with two attached hydrogens (primary N) is 1. The maximum Gasteiger partial charge on any atom is 0.248 e. The van der Waals surface area contributed by atoms with Gasteiger partial charge in [-0.05, 0) is 37.4 Å². The zero-order valence-electron chi connectivity index (χ0n) is 15.0. The summed E-state index contributed by atoms with van der Waals surface area (Å²) in [6.45, 7) is 3.95. The number of piperidine rings is 1. The summed E-state index contributed by atoms with van der Waals surface area (Å²) in [7, 11) is 0. The molecular formula is C19H22N6OS. The van der Waals surface area contributed by atoms with Crippen molar-refractivity contribution in [3.63, 3.8) is 0 Å². The first-order chi connectivity index (χ1) is 13.2. The average molecular weight is 382 g/mol. The van der Waals surface area contributed by atoms with Gasteiger partial charge in [0, 0.05) is 42.3 Å². The predicted octanol–water partition coefficient (Wildman–Crippen LogP) is 2.41. The summed E-state index contributed by atoms with van der Waals surface area (Å²) in [5, 5.41) is 11.1. The van der Waals surface area contributed by atoms with E-state index in [1.807, 2.05) is 23.0 Å². The molecule has 1 fully saturated rings. The molecule has 1 saturated heterocycles. The Hall–Kier alpha value is -2.58. The number of aromatic nitrogens is 4. The predicted molar refractivity (Wildman–Crippen MR) is 104 cm³/mol. The molecule has 0 spiro atoms. The summed E-state index contributed by atoms with van der Waals surface area (Å²) >= 11 is 1.63. The molecule has 3 aromatic rings. The molecule has 1 aliphatic rings. The Labute approximate surface area is 161 Å². The lowest BCUT2D eigenvalue weighted by Gasteiger charge is -2.32. The summed E-state index contributed by atoms with van der Waals surface area (Å²) in [4.78, 5) is 18.5. The second-order valence-electron chi connectivity index (χ2n) is 6.95. The van der Waals surface area contributed by atoms with Crippen molar-refractivity contribution in [3.05, 3.63) is 53.3 Å². The quantitative estimate of drug-likeness (QED) is 0.707. The molecule has 2 aromatic heterocycles. The summed E-state index contributed by atoms with van der Waals surface area (Å²) in [6, 6.07) is 7.30. The van der Waals surface area contributed by atoms with E-state index in [1.54, 1.807) is 29.7 Å². The largest absolute Gasteiger partial charge is 0.366 e. The molecule has 2 N–H and O–H groups in total. The van der Waals surface area contributed by atoms with Gasteiger partial charge in [-0.2, -0.15) is 0 Å². The third kappa shape index (κ3) is 4.40. The van der Waals surface area contributed by atoms with Crippen LogP contribution in [0.25, 0.3) is 10.6 Å². The van der Waals surface area contributed by atoms with E-state index < -0.39 is 5.91 Å². The number of carbonyl (C=O) groups excluding carboxylic acids is 1. The van der Waals surface area contributed by atoms with Gasteiger partial charge in [0.1, 0.15) is 5.01 Å². The number of nitrogens with zero attached hydrogens (tertiary/aromatic N) is 5. The fraction of sp³-hybridized carbons (Fsp3) is 0.368. The lowest BCUT2D eigenvalue weighted by molar-refractivity contribution is 0.100. The third-order valence-electron chi connectivity index (χ3n) is 4.87. The number of carbonyl (C=O) groups is 1. The molecule has 1 aromatic carbocycles. The zero-order valence-corrected chi connectivity index (χ0v) is 15.8.